The lowest BCUT2D eigenvalue weighted by Crippen LogP contribution is -2.38. The van der Waals surface area contributed by atoms with E-state index in [1.54, 1.807) is 0 Å². The van der Waals surface area contributed by atoms with E-state index in [2.05, 4.69) is 273 Å². The van der Waals surface area contributed by atoms with Crippen molar-refractivity contribution in [1.29, 1.82) is 0 Å². The summed E-state index contributed by atoms with van der Waals surface area (Å²) in [5.41, 5.74) is 5.09. The Labute approximate surface area is 495 Å². The van der Waals surface area contributed by atoms with Gasteiger partial charge in [0.15, 0.2) is 0 Å². The molecule has 0 fully saturated rings. The maximum atomic E-state index is 7.64. The standard InChI is InChI=1S/C72H68O6P2Si4/c1-81(2,3)59-41-47-27-15-21-33-53(47)65-66-54-34-22-16-28-48(54)42-60(82(4,5)6)70(66)76-79(75-69(59)65)73-57-39-37-45-25-13-19-31-51(45)63(57)64-52-32-20-14-26-46(52)38-40-58(64)74-80-77-71-61(83(7,8)9)43-49-29-17-23-35-55(49)67(71)68-56-36-24-18-30-50(56)44-62(72(68)78-80)84(10,11)12/h13-44H,1-12H3. The van der Waals surface area contributed by atoms with Crippen LogP contribution in [0.4, 0.5) is 0 Å². The first-order valence-corrected chi connectivity index (χ1v) is 45.4. The zero-order chi connectivity index (χ0) is 58.2. The summed E-state index contributed by atoms with van der Waals surface area (Å²) in [7, 11) is -12.9. The molecule has 12 aromatic carbocycles. The summed E-state index contributed by atoms with van der Waals surface area (Å²) in [5.74, 6) is 1.23. The van der Waals surface area contributed by atoms with Crippen LogP contribution >= 0.6 is 16.5 Å². The first-order chi connectivity index (χ1) is 40.2. The van der Waals surface area contributed by atoms with Crippen molar-refractivity contribution in [1.82, 2.24) is 0 Å². The minimum absolute atomic E-state index is 0.614. The summed E-state index contributed by atoms with van der Waals surface area (Å²) in [5, 5.41) is 22.5. The van der Waals surface area contributed by atoms with E-state index in [-0.39, 0.29) is 0 Å². The Balaban J connectivity index is 1.09. The molecule has 14 rings (SSSR count). The van der Waals surface area contributed by atoms with Crippen LogP contribution in [0.15, 0.2) is 211 Å². The molecule has 0 aliphatic heterocycles. The third-order valence-electron chi connectivity index (χ3n) is 16.8. The Bertz CT molecular complexity index is 4600. The largest absolute Gasteiger partial charge is 0.453 e. The second-order valence-electron chi connectivity index (χ2n) is 26.7. The van der Waals surface area contributed by atoms with Crippen LogP contribution in [0.25, 0.3) is 120 Å². The maximum Gasteiger partial charge on any atom is 0.453 e. The molecular formula is C72H68O6P2Si4. The van der Waals surface area contributed by atoms with Gasteiger partial charge in [0, 0.05) is 32.7 Å². The van der Waals surface area contributed by atoms with Gasteiger partial charge in [-0.15, -0.1) is 0 Å². The summed E-state index contributed by atoms with van der Waals surface area (Å²) in [6, 6.07) is 70.1. The smallest absolute Gasteiger partial charge is 0.390 e. The van der Waals surface area contributed by atoms with Crippen LogP contribution in [0.1, 0.15) is 0 Å². The molecule has 6 nitrogen and oxygen atoms in total. The Kier molecular flexibility index (Phi) is 13.0. The molecule has 0 spiro atoms. The lowest BCUT2D eigenvalue weighted by atomic mass is 9.92. The topological polar surface area (TPSA) is 71.0 Å². The second-order valence-corrected chi connectivity index (χ2v) is 48.9. The van der Waals surface area contributed by atoms with Gasteiger partial charge in [0.1, 0.15) is 33.8 Å². The van der Waals surface area contributed by atoms with Crippen molar-refractivity contribution in [3.05, 3.63) is 194 Å². The maximum absolute atomic E-state index is 7.64. The van der Waals surface area contributed by atoms with Gasteiger partial charge in [-0.1, -0.05) is 261 Å². The Morgan fingerprint density at radius 2 is 0.488 bits per heavy atom. The number of rotatable bonds is 9. The lowest BCUT2D eigenvalue weighted by molar-refractivity contribution is 0.495. The van der Waals surface area contributed by atoms with Crippen molar-refractivity contribution < 1.29 is 25.8 Å². The normalized spacial score (nSPS) is 12.8. The highest BCUT2D eigenvalue weighted by Crippen LogP contribution is 2.52. The molecule has 0 radical (unpaired) electrons. The van der Waals surface area contributed by atoms with Gasteiger partial charge in [0.05, 0.1) is 32.3 Å². The third kappa shape index (κ3) is 9.25. The van der Waals surface area contributed by atoms with Crippen LogP contribution in [-0.4, -0.2) is 32.3 Å². The number of fused-ring (bicyclic) bond motifs is 16. The fourth-order valence-electron chi connectivity index (χ4n) is 12.7. The van der Waals surface area contributed by atoms with E-state index >= 15 is 0 Å². The predicted molar refractivity (Wildman–Crippen MR) is 374 cm³/mol. The molecule has 0 atom stereocenters. The van der Waals surface area contributed by atoms with Crippen molar-refractivity contribution in [3.8, 4) is 22.6 Å². The van der Waals surface area contributed by atoms with E-state index in [0.717, 1.165) is 98.1 Å². The molecule has 2 aromatic heterocycles. The van der Waals surface area contributed by atoms with E-state index in [1.807, 2.05) is 0 Å². The molecule has 84 heavy (non-hydrogen) atoms. The number of hydrogen-bond acceptors (Lipinski definition) is 6. The van der Waals surface area contributed by atoms with Crippen LogP contribution in [0.5, 0.6) is 11.5 Å². The number of hydrogen-bond donors (Lipinski definition) is 0. The van der Waals surface area contributed by atoms with Crippen molar-refractivity contribution in [2.24, 2.45) is 0 Å². The highest BCUT2D eigenvalue weighted by Gasteiger charge is 2.32. The average molecular weight is 1200 g/mol. The highest BCUT2D eigenvalue weighted by atomic mass is 31.1. The fourth-order valence-corrected chi connectivity index (χ4v) is 21.0. The minimum Gasteiger partial charge on any atom is -0.390 e. The Morgan fingerprint density at radius 1 is 0.262 bits per heavy atom. The van der Waals surface area contributed by atoms with Gasteiger partial charge >= 0.3 is 16.5 Å². The van der Waals surface area contributed by atoms with Gasteiger partial charge in [-0.25, -0.2) is 0 Å². The molecule has 0 N–H and O–H groups in total. The van der Waals surface area contributed by atoms with Crippen LogP contribution in [0, 0.1) is 0 Å². The van der Waals surface area contributed by atoms with Gasteiger partial charge < -0.3 is 25.8 Å². The van der Waals surface area contributed by atoms with Gasteiger partial charge in [0.25, 0.3) is 0 Å². The molecule has 0 bridgehead atoms. The molecule has 418 valence electrons. The SMILES string of the molecule is C[Si](C)(C)c1cc2ccccc2c2c1op(Oc1ccc3ccccc3c1-c1c(Op3oc4c([Si](C)(C)C)cc5ccccc5c4c4c(o3)c([Si](C)(C)C)cc3ccccc34)ccc3ccccc13)oc1c([Si](C)(C)C)cc3ccccc3c12. The molecule has 0 aliphatic carbocycles. The molecule has 0 unspecified atom stereocenters. The summed E-state index contributed by atoms with van der Waals surface area (Å²) in [6.45, 7) is 28.8. The fraction of sp³-hybridized carbons (Fsp3) is 0.167. The third-order valence-corrected chi connectivity index (χ3v) is 26.7. The molecule has 0 aliphatic rings. The molecule has 0 saturated carbocycles. The van der Waals surface area contributed by atoms with E-state index < -0.39 is 48.8 Å². The molecule has 2 heterocycles. The summed E-state index contributed by atoms with van der Waals surface area (Å²) in [4.78, 5) is 0. The van der Waals surface area contributed by atoms with Gasteiger partial charge in [-0.2, -0.15) is 0 Å². The second kappa shape index (κ2) is 20.1. The molecule has 12 heteroatoms. The Morgan fingerprint density at radius 3 is 0.738 bits per heavy atom. The minimum atomic E-state index is -2.17. The zero-order valence-electron chi connectivity index (χ0n) is 49.8. The van der Waals surface area contributed by atoms with Crippen LogP contribution in [-0.2, 0) is 0 Å². The molecule has 0 saturated heterocycles. The van der Waals surface area contributed by atoms with Gasteiger partial charge in [-0.05, 0) is 97.5 Å². The van der Waals surface area contributed by atoms with E-state index in [9.17, 15) is 0 Å². The van der Waals surface area contributed by atoms with Crippen LogP contribution in [0.2, 0.25) is 78.6 Å². The average Bonchev–Trinajstić information content (AvgIpc) is 3.89. The van der Waals surface area contributed by atoms with Crippen molar-refractivity contribution in [3.63, 3.8) is 0 Å². The van der Waals surface area contributed by atoms with Crippen molar-refractivity contribution in [2.75, 3.05) is 0 Å². The van der Waals surface area contributed by atoms with Gasteiger partial charge in [-0.3, -0.25) is 0 Å². The van der Waals surface area contributed by atoms with Gasteiger partial charge in [0.2, 0.25) is 0 Å². The van der Waals surface area contributed by atoms with Crippen molar-refractivity contribution >= 4 is 178 Å². The summed E-state index contributed by atoms with van der Waals surface area (Å²) in [6.07, 6.45) is 0. The van der Waals surface area contributed by atoms with Crippen LogP contribution in [0.3, 0.4) is 0 Å². The molecule has 14 aromatic rings. The first kappa shape index (κ1) is 54.4. The predicted octanol–water partition coefficient (Wildman–Crippen LogP) is 21.3. The monoisotopic (exact) mass is 1200 g/mol. The number of benzene rings is 12. The zero-order valence-corrected chi connectivity index (χ0v) is 55.6. The van der Waals surface area contributed by atoms with E-state index in [0.29, 0.717) is 11.5 Å². The van der Waals surface area contributed by atoms with E-state index in [4.69, 9.17) is 25.8 Å². The molecule has 0 amide bonds. The van der Waals surface area contributed by atoms with Crippen LogP contribution < -0.4 is 29.8 Å². The quantitative estimate of drug-likeness (QED) is 0.134. The lowest BCUT2D eigenvalue weighted by Gasteiger charge is -2.20. The molecular weight excluding hydrogens is 1140 g/mol. The van der Waals surface area contributed by atoms with Crippen molar-refractivity contribution in [2.45, 2.75) is 78.6 Å². The summed E-state index contributed by atoms with van der Waals surface area (Å²) >= 11 is 0. The van der Waals surface area contributed by atoms with E-state index in [1.165, 1.54) is 42.3 Å². The Hall–Kier alpha value is -7.53. The highest BCUT2D eigenvalue weighted by molar-refractivity contribution is 7.32. The summed E-state index contributed by atoms with van der Waals surface area (Å²) < 4.78 is 45.7. The first-order valence-electron chi connectivity index (χ1n) is 29.2.